The summed E-state index contributed by atoms with van der Waals surface area (Å²) in [4.78, 5) is 29.0. The van der Waals surface area contributed by atoms with Crippen molar-refractivity contribution in [2.24, 2.45) is 5.73 Å². The van der Waals surface area contributed by atoms with Crippen molar-refractivity contribution in [2.45, 2.75) is 39.3 Å². The lowest BCUT2D eigenvalue weighted by molar-refractivity contribution is -0.471. The number of carbonyl (C=O) groups is 1. The Bertz CT molecular complexity index is 1400. The zero-order chi connectivity index (χ0) is 25.8. The summed E-state index contributed by atoms with van der Waals surface area (Å²) < 4.78 is 43.4. The van der Waals surface area contributed by atoms with Crippen molar-refractivity contribution in [3.05, 3.63) is 69.0 Å². The van der Waals surface area contributed by atoms with Crippen LogP contribution in [0.15, 0.2) is 41.2 Å². The van der Waals surface area contributed by atoms with Crippen LogP contribution < -0.4 is 26.2 Å². The highest BCUT2D eigenvalue weighted by Crippen LogP contribution is 2.37. The predicted molar refractivity (Wildman–Crippen MR) is 131 cm³/mol. The lowest BCUT2D eigenvalue weighted by Crippen LogP contribution is -2.42. The summed E-state index contributed by atoms with van der Waals surface area (Å²) in [5.41, 5.74) is 7.84. The number of hydrogen-bond donors (Lipinski definition) is 1. The SMILES string of the molecule is Cc1cc(C)cc(-c2[nH+]n(-c3cc(N4CCCC4)ccc3C(F)(F)F)c(=O)c3c2CCN3C(N)=O)c1. The molecule has 10 heteroatoms. The molecule has 0 radical (unpaired) electrons. The van der Waals surface area contributed by atoms with Crippen molar-refractivity contribution in [2.75, 3.05) is 29.4 Å². The minimum absolute atomic E-state index is 0.00936. The maximum atomic E-state index is 14.2. The molecule has 1 aromatic heterocycles. The highest BCUT2D eigenvalue weighted by atomic mass is 19.4. The molecule has 3 N–H and O–H groups in total. The van der Waals surface area contributed by atoms with Crippen molar-refractivity contribution < 1.29 is 23.1 Å². The lowest BCUT2D eigenvalue weighted by atomic mass is 10.0. The van der Waals surface area contributed by atoms with Crippen LogP contribution in [0.3, 0.4) is 0 Å². The molecule has 1 fully saturated rings. The van der Waals surface area contributed by atoms with Gasteiger partial charge in [0.1, 0.15) is 11.4 Å². The summed E-state index contributed by atoms with van der Waals surface area (Å²) in [5.74, 6) is 0. The number of benzene rings is 2. The maximum absolute atomic E-state index is 14.2. The molecule has 2 aliphatic rings. The zero-order valence-electron chi connectivity index (χ0n) is 20.1. The highest BCUT2D eigenvalue weighted by Gasteiger charge is 2.39. The fourth-order valence-corrected chi connectivity index (χ4v) is 5.31. The molecule has 2 amide bonds. The van der Waals surface area contributed by atoms with Crippen LogP contribution in [0.1, 0.15) is 35.1 Å². The van der Waals surface area contributed by atoms with Crippen LogP contribution in [0.25, 0.3) is 16.9 Å². The van der Waals surface area contributed by atoms with E-state index in [1.165, 1.54) is 12.1 Å². The smallest absolute Gasteiger partial charge is 0.371 e. The first-order chi connectivity index (χ1) is 17.0. The summed E-state index contributed by atoms with van der Waals surface area (Å²) in [7, 11) is 0. The van der Waals surface area contributed by atoms with Gasteiger partial charge >= 0.3 is 17.8 Å². The molecule has 2 aliphatic heterocycles. The summed E-state index contributed by atoms with van der Waals surface area (Å²) in [5, 5.41) is 3.00. The van der Waals surface area contributed by atoms with Gasteiger partial charge in [-0.1, -0.05) is 21.9 Å². The van der Waals surface area contributed by atoms with Crippen LogP contribution >= 0.6 is 0 Å². The average Bonchev–Trinajstić information content (AvgIpc) is 3.48. The quantitative estimate of drug-likeness (QED) is 0.593. The molecule has 3 aromatic rings. The number of aromatic nitrogens is 2. The number of fused-ring (bicyclic) bond motifs is 1. The molecule has 0 saturated carbocycles. The second-order valence-electron chi connectivity index (χ2n) is 9.46. The third-order valence-corrected chi connectivity index (χ3v) is 6.85. The molecule has 1 saturated heterocycles. The van der Waals surface area contributed by atoms with Gasteiger partial charge in [-0.2, -0.15) is 13.2 Å². The molecule has 188 valence electrons. The normalized spacial score (nSPS) is 15.5. The molecule has 0 atom stereocenters. The average molecular weight is 499 g/mol. The van der Waals surface area contributed by atoms with Gasteiger partial charge in [-0.3, -0.25) is 9.69 Å². The summed E-state index contributed by atoms with van der Waals surface area (Å²) in [6.45, 7) is 5.48. The van der Waals surface area contributed by atoms with E-state index in [9.17, 15) is 22.8 Å². The number of primary amides is 1. The van der Waals surface area contributed by atoms with Crippen LogP contribution in [0.4, 0.5) is 29.3 Å². The van der Waals surface area contributed by atoms with E-state index in [0.717, 1.165) is 52.7 Å². The van der Waals surface area contributed by atoms with Crippen LogP contribution in [0.5, 0.6) is 0 Å². The Hall–Kier alpha value is -3.82. The Morgan fingerprint density at radius 2 is 1.67 bits per heavy atom. The second kappa shape index (κ2) is 8.69. The molecular formula is C26H27F3N5O2+. The molecule has 3 heterocycles. The number of aryl methyl sites for hydroxylation is 2. The molecule has 5 rings (SSSR count). The number of nitrogens with one attached hydrogen (secondary N) is 1. The molecule has 36 heavy (non-hydrogen) atoms. The van der Waals surface area contributed by atoms with Crippen molar-refractivity contribution in [1.82, 2.24) is 4.68 Å². The molecule has 0 bridgehead atoms. The van der Waals surface area contributed by atoms with Gasteiger partial charge in [-0.05, 0) is 63.4 Å². The first-order valence-corrected chi connectivity index (χ1v) is 11.9. The number of H-pyrrole nitrogens is 1. The highest BCUT2D eigenvalue weighted by molar-refractivity contribution is 5.94. The number of halogens is 3. The Labute approximate surface area is 205 Å². The van der Waals surface area contributed by atoms with Crippen LogP contribution in [0, 0.1) is 13.8 Å². The number of nitrogens with zero attached hydrogens (tertiary/aromatic N) is 3. The van der Waals surface area contributed by atoms with Gasteiger partial charge < -0.3 is 10.6 Å². The Morgan fingerprint density at radius 3 is 2.28 bits per heavy atom. The van der Waals surface area contributed by atoms with Crippen molar-refractivity contribution in [3.63, 3.8) is 0 Å². The molecule has 0 aliphatic carbocycles. The van der Waals surface area contributed by atoms with Crippen molar-refractivity contribution in [1.29, 1.82) is 0 Å². The number of anilines is 2. The van der Waals surface area contributed by atoms with Crippen molar-refractivity contribution >= 4 is 17.4 Å². The van der Waals surface area contributed by atoms with E-state index in [1.807, 2.05) is 36.9 Å². The summed E-state index contributed by atoms with van der Waals surface area (Å²) >= 11 is 0. The summed E-state index contributed by atoms with van der Waals surface area (Å²) in [6.07, 6.45) is -2.45. The standard InChI is InChI=1S/C26H26F3N5O2/c1-15-11-16(2)13-17(12-15)22-19-7-10-33(25(30)36)23(19)24(35)34(31-22)21-14-18(32-8-3-4-9-32)5-6-20(21)26(27,28)29/h5-6,11-14H,3-4,7-10H2,1-2H3,(H2,30,36)/p+1. The number of nitrogens with two attached hydrogens (primary N) is 1. The minimum Gasteiger partial charge on any atom is -0.371 e. The molecule has 7 nitrogen and oxygen atoms in total. The van der Waals surface area contributed by atoms with E-state index < -0.39 is 23.3 Å². The van der Waals surface area contributed by atoms with Gasteiger partial charge in [-0.25, -0.2) is 4.79 Å². The van der Waals surface area contributed by atoms with Crippen LogP contribution in [-0.2, 0) is 12.6 Å². The number of aromatic amines is 1. The van der Waals surface area contributed by atoms with E-state index in [4.69, 9.17) is 5.73 Å². The van der Waals surface area contributed by atoms with Gasteiger partial charge in [0.15, 0.2) is 0 Å². The second-order valence-corrected chi connectivity index (χ2v) is 9.46. The van der Waals surface area contributed by atoms with E-state index in [0.29, 0.717) is 28.9 Å². The lowest BCUT2D eigenvalue weighted by Gasteiger charge is -2.21. The van der Waals surface area contributed by atoms with Crippen molar-refractivity contribution in [3.8, 4) is 16.9 Å². The molecule has 0 unspecified atom stereocenters. The van der Waals surface area contributed by atoms with E-state index >= 15 is 0 Å². The van der Waals surface area contributed by atoms with Gasteiger partial charge in [0.2, 0.25) is 5.69 Å². The van der Waals surface area contributed by atoms with E-state index in [2.05, 4.69) is 5.10 Å². The Kier molecular flexibility index (Phi) is 5.77. The number of alkyl halides is 3. The predicted octanol–water partition coefficient (Wildman–Crippen LogP) is 4.00. The number of amides is 2. The van der Waals surface area contributed by atoms with Gasteiger partial charge in [-0.15, -0.1) is 5.10 Å². The Balaban J connectivity index is 1.83. The number of hydrogen-bond acceptors (Lipinski definition) is 3. The van der Waals surface area contributed by atoms with Crippen LogP contribution in [0.2, 0.25) is 0 Å². The number of carbonyl (C=O) groups excluding carboxylic acids is 1. The Morgan fingerprint density at radius 1 is 1.00 bits per heavy atom. The first-order valence-electron chi connectivity index (χ1n) is 11.9. The fraction of sp³-hybridized carbons (Fsp3) is 0.346. The largest absolute Gasteiger partial charge is 0.418 e. The fourth-order valence-electron chi connectivity index (χ4n) is 5.31. The molecule has 2 aromatic carbocycles. The zero-order valence-corrected chi connectivity index (χ0v) is 20.1. The molecular weight excluding hydrogens is 471 g/mol. The topological polar surface area (TPSA) is 85.7 Å². The van der Waals surface area contributed by atoms with E-state index in [-0.39, 0.29) is 17.9 Å². The minimum atomic E-state index is -4.70. The van der Waals surface area contributed by atoms with Gasteiger partial charge in [0.25, 0.3) is 0 Å². The first kappa shape index (κ1) is 23.9. The number of rotatable bonds is 3. The maximum Gasteiger partial charge on any atom is 0.418 e. The number of urea groups is 1. The molecule has 0 spiro atoms. The van der Waals surface area contributed by atoms with Gasteiger partial charge in [0, 0.05) is 30.9 Å². The van der Waals surface area contributed by atoms with E-state index in [1.54, 1.807) is 0 Å². The third-order valence-electron chi connectivity index (χ3n) is 6.85. The summed E-state index contributed by atoms with van der Waals surface area (Å²) in [6, 6.07) is 8.80. The third kappa shape index (κ3) is 4.10. The van der Waals surface area contributed by atoms with Gasteiger partial charge in [0.05, 0.1) is 11.1 Å². The van der Waals surface area contributed by atoms with Crippen LogP contribution in [-0.4, -0.2) is 30.3 Å². The monoisotopic (exact) mass is 498 g/mol.